The summed E-state index contributed by atoms with van der Waals surface area (Å²) in [6, 6.07) is 2.90. The van der Waals surface area contributed by atoms with Gasteiger partial charge in [0.15, 0.2) is 0 Å². The van der Waals surface area contributed by atoms with Gasteiger partial charge in [-0.15, -0.1) is 0 Å². The second-order valence-electron chi connectivity index (χ2n) is 6.45. The number of likely N-dealkylation sites (tertiary alicyclic amines) is 1. The van der Waals surface area contributed by atoms with Crippen molar-refractivity contribution in [3.05, 3.63) is 18.0 Å². The van der Waals surface area contributed by atoms with E-state index in [9.17, 15) is 0 Å². The van der Waals surface area contributed by atoms with Crippen LogP contribution in [0.2, 0.25) is 0 Å². The van der Waals surface area contributed by atoms with Crippen LogP contribution >= 0.6 is 15.9 Å². The normalized spacial score (nSPS) is 25.4. The molecule has 1 aliphatic heterocycles. The highest BCUT2D eigenvalue weighted by molar-refractivity contribution is 9.09. The molecule has 2 heterocycles. The second-order valence-corrected chi connectivity index (χ2v) is 7.24. The minimum Gasteiger partial charge on any atom is -0.297 e. The number of aromatic nitrogens is 2. The first-order valence-corrected chi connectivity index (χ1v) is 9.29. The predicted octanol–water partition coefficient (Wildman–Crippen LogP) is 4.00. The van der Waals surface area contributed by atoms with Crippen molar-refractivity contribution in [3.8, 4) is 0 Å². The highest BCUT2D eigenvalue weighted by atomic mass is 79.9. The maximum Gasteiger partial charge on any atom is 0.0764 e. The van der Waals surface area contributed by atoms with Crippen molar-refractivity contribution in [1.82, 2.24) is 14.7 Å². The van der Waals surface area contributed by atoms with Gasteiger partial charge in [0.05, 0.1) is 11.7 Å². The van der Waals surface area contributed by atoms with Crippen LogP contribution < -0.4 is 0 Å². The van der Waals surface area contributed by atoms with Crippen LogP contribution in [-0.4, -0.2) is 33.1 Å². The molecule has 20 heavy (non-hydrogen) atoms. The van der Waals surface area contributed by atoms with E-state index >= 15 is 0 Å². The largest absolute Gasteiger partial charge is 0.297 e. The quantitative estimate of drug-likeness (QED) is 0.756. The zero-order valence-electron chi connectivity index (χ0n) is 12.3. The van der Waals surface area contributed by atoms with Crippen molar-refractivity contribution in [2.24, 2.45) is 5.92 Å². The third-order valence-corrected chi connectivity index (χ3v) is 5.33. The van der Waals surface area contributed by atoms with E-state index in [0.29, 0.717) is 6.04 Å². The standard InChI is InChI=1S/C16H26BrN3/c17-9-7-14-4-3-10-19(12-14)13-15-8-11-20(18-15)16-5-1-2-6-16/h8,11,14,16H,1-7,9-10,12-13H2. The van der Waals surface area contributed by atoms with Gasteiger partial charge < -0.3 is 0 Å². The van der Waals surface area contributed by atoms with Crippen LogP contribution in [0.5, 0.6) is 0 Å². The van der Waals surface area contributed by atoms with E-state index in [-0.39, 0.29) is 0 Å². The van der Waals surface area contributed by atoms with E-state index < -0.39 is 0 Å². The molecule has 2 aliphatic rings. The van der Waals surface area contributed by atoms with E-state index in [2.05, 4.69) is 37.8 Å². The number of nitrogens with zero attached hydrogens (tertiary/aromatic N) is 3. The molecule has 112 valence electrons. The summed E-state index contributed by atoms with van der Waals surface area (Å²) in [5.41, 5.74) is 1.26. The van der Waals surface area contributed by atoms with Gasteiger partial charge in [0.1, 0.15) is 0 Å². The summed E-state index contributed by atoms with van der Waals surface area (Å²) < 4.78 is 2.22. The summed E-state index contributed by atoms with van der Waals surface area (Å²) in [5, 5.41) is 5.96. The maximum atomic E-state index is 4.82. The van der Waals surface area contributed by atoms with Gasteiger partial charge >= 0.3 is 0 Å². The SMILES string of the molecule is BrCCC1CCCN(Cc2ccn(C3CCCC3)n2)C1. The monoisotopic (exact) mass is 339 g/mol. The molecule has 0 spiro atoms. The fourth-order valence-corrected chi connectivity index (χ4v) is 4.40. The van der Waals surface area contributed by atoms with E-state index in [1.54, 1.807) is 0 Å². The molecule has 1 atom stereocenters. The summed E-state index contributed by atoms with van der Waals surface area (Å²) >= 11 is 3.58. The van der Waals surface area contributed by atoms with E-state index in [1.807, 2.05) is 0 Å². The van der Waals surface area contributed by atoms with Crippen LogP contribution in [0, 0.1) is 5.92 Å². The van der Waals surface area contributed by atoms with Crippen LogP contribution in [-0.2, 0) is 6.54 Å². The fourth-order valence-electron chi connectivity index (χ4n) is 3.75. The van der Waals surface area contributed by atoms with Gasteiger partial charge in [-0.05, 0) is 50.6 Å². The summed E-state index contributed by atoms with van der Waals surface area (Å²) in [7, 11) is 0. The van der Waals surface area contributed by atoms with E-state index in [0.717, 1.165) is 17.8 Å². The Morgan fingerprint density at radius 3 is 2.85 bits per heavy atom. The number of hydrogen-bond acceptors (Lipinski definition) is 2. The summed E-state index contributed by atoms with van der Waals surface area (Å²) in [6.07, 6.45) is 11.6. The molecule has 1 aromatic rings. The Labute approximate surface area is 130 Å². The van der Waals surface area contributed by atoms with Crippen molar-refractivity contribution in [2.75, 3.05) is 18.4 Å². The average Bonchev–Trinajstić information content (AvgIpc) is 3.10. The smallest absolute Gasteiger partial charge is 0.0764 e. The third-order valence-electron chi connectivity index (χ3n) is 4.87. The van der Waals surface area contributed by atoms with Crippen LogP contribution in [0.3, 0.4) is 0 Å². The van der Waals surface area contributed by atoms with Gasteiger partial charge in [-0.3, -0.25) is 9.58 Å². The zero-order valence-corrected chi connectivity index (χ0v) is 13.9. The van der Waals surface area contributed by atoms with Gasteiger partial charge in [0.25, 0.3) is 0 Å². The number of hydrogen-bond donors (Lipinski definition) is 0. The lowest BCUT2D eigenvalue weighted by molar-refractivity contribution is 0.163. The molecular formula is C16H26BrN3. The highest BCUT2D eigenvalue weighted by Crippen LogP contribution is 2.29. The van der Waals surface area contributed by atoms with Crippen molar-refractivity contribution >= 4 is 15.9 Å². The lowest BCUT2D eigenvalue weighted by Crippen LogP contribution is -2.35. The Kier molecular flexibility index (Phi) is 5.16. The Bertz CT molecular complexity index is 410. The number of rotatable bonds is 5. The fraction of sp³-hybridized carbons (Fsp3) is 0.812. The molecule has 1 saturated heterocycles. The number of alkyl halides is 1. The third kappa shape index (κ3) is 3.64. The van der Waals surface area contributed by atoms with Gasteiger partial charge in [-0.2, -0.15) is 5.10 Å². The van der Waals surface area contributed by atoms with Crippen LogP contribution in [0.25, 0.3) is 0 Å². The minimum atomic E-state index is 0.672. The van der Waals surface area contributed by atoms with Crippen molar-refractivity contribution in [3.63, 3.8) is 0 Å². The first-order chi connectivity index (χ1) is 9.85. The molecule has 1 saturated carbocycles. The van der Waals surface area contributed by atoms with Crippen LogP contribution in [0.1, 0.15) is 56.7 Å². The van der Waals surface area contributed by atoms with Crippen molar-refractivity contribution in [2.45, 2.75) is 57.5 Å². The molecule has 2 fully saturated rings. The molecule has 1 aromatic heterocycles. The van der Waals surface area contributed by atoms with Crippen molar-refractivity contribution < 1.29 is 0 Å². The lowest BCUT2D eigenvalue weighted by Gasteiger charge is -2.31. The predicted molar refractivity (Wildman–Crippen MR) is 86.1 cm³/mol. The number of halogens is 1. The summed E-state index contributed by atoms with van der Waals surface area (Å²) in [4.78, 5) is 2.60. The maximum absolute atomic E-state index is 4.82. The molecule has 0 bridgehead atoms. The van der Waals surface area contributed by atoms with Crippen LogP contribution in [0.4, 0.5) is 0 Å². The highest BCUT2D eigenvalue weighted by Gasteiger charge is 2.21. The van der Waals surface area contributed by atoms with Gasteiger partial charge in [-0.25, -0.2) is 0 Å². The minimum absolute atomic E-state index is 0.672. The average molecular weight is 340 g/mol. The Morgan fingerprint density at radius 2 is 2.05 bits per heavy atom. The molecular weight excluding hydrogens is 314 g/mol. The first kappa shape index (κ1) is 14.6. The molecule has 0 amide bonds. The Hall–Kier alpha value is -0.350. The summed E-state index contributed by atoms with van der Waals surface area (Å²) in [6.45, 7) is 3.54. The molecule has 1 unspecified atom stereocenters. The molecule has 3 nitrogen and oxygen atoms in total. The van der Waals surface area contributed by atoms with Gasteiger partial charge in [0, 0.05) is 24.6 Å². The van der Waals surface area contributed by atoms with Gasteiger partial charge in [-0.1, -0.05) is 28.8 Å². The molecule has 3 rings (SSSR count). The molecule has 0 N–H and O–H groups in total. The second kappa shape index (κ2) is 7.08. The van der Waals surface area contributed by atoms with Crippen LogP contribution in [0.15, 0.2) is 12.3 Å². The Balaban J connectivity index is 1.54. The number of piperidine rings is 1. The Morgan fingerprint density at radius 1 is 1.20 bits per heavy atom. The van der Waals surface area contributed by atoms with Crippen molar-refractivity contribution in [1.29, 1.82) is 0 Å². The molecule has 0 aromatic carbocycles. The topological polar surface area (TPSA) is 21.1 Å². The van der Waals surface area contributed by atoms with E-state index in [1.165, 1.54) is 63.7 Å². The zero-order chi connectivity index (χ0) is 13.8. The lowest BCUT2D eigenvalue weighted by atomic mass is 9.95. The molecule has 4 heteroatoms. The van der Waals surface area contributed by atoms with Gasteiger partial charge in [0.2, 0.25) is 0 Å². The molecule has 1 aliphatic carbocycles. The van der Waals surface area contributed by atoms with E-state index in [4.69, 9.17) is 5.10 Å². The summed E-state index contributed by atoms with van der Waals surface area (Å²) in [5.74, 6) is 0.875. The molecule has 0 radical (unpaired) electrons. The first-order valence-electron chi connectivity index (χ1n) is 8.17.